The van der Waals surface area contributed by atoms with E-state index in [0.717, 1.165) is 12.0 Å². The van der Waals surface area contributed by atoms with E-state index in [2.05, 4.69) is 12.1 Å². The first kappa shape index (κ1) is 8.09. The molecular weight excluding hydrogens is 196 g/mol. The molecule has 3 aliphatic rings. The first-order valence-corrected chi connectivity index (χ1v) is 5.02. The first-order valence-electron chi connectivity index (χ1n) is 4.64. The number of hydrogen-bond donors (Lipinski definition) is 0. The first-order chi connectivity index (χ1) is 6.73. The summed E-state index contributed by atoms with van der Waals surface area (Å²) in [7, 11) is 0. The van der Waals surface area contributed by atoms with Gasteiger partial charge >= 0.3 is 0 Å². The van der Waals surface area contributed by atoms with Gasteiger partial charge in [-0.2, -0.15) is 10.5 Å². The van der Waals surface area contributed by atoms with Crippen LogP contribution in [0.5, 0.6) is 0 Å². The van der Waals surface area contributed by atoms with Crippen molar-refractivity contribution in [2.75, 3.05) is 0 Å². The molecule has 0 aromatic carbocycles. The minimum atomic E-state index is -0.369. The van der Waals surface area contributed by atoms with Crippen LogP contribution >= 0.6 is 11.6 Å². The molecule has 3 rings (SSSR count). The Morgan fingerprint density at radius 3 is 2.93 bits per heavy atom. The molecule has 3 unspecified atom stereocenters. The van der Waals surface area contributed by atoms with Gasteiger partial charge in [-0.15, -0.1) is 0 Å². The van der Waals surface area contributed by atoms with Crippen molar-refractivity contribution in [3.63, 3.8) is 0 Å². The summed E-state index contributed by atoms with van der Waals surface area (Å²) in [5.74, 6) is 0.735. The van der Waals surface area contributed by atoms with Crippen LogP contribution in [0.4, 0.5) is 0 Å². The number of nitrogens with zero attached hydrogens (tertiary/aromatic N) is 2. The molecular formula is C11H7ClN2. The van der Waals surface area contributed by atoms with Gasteiger partial charge in [0.1, 0.15) is 0 Å². The van der Waals surface area contributed by atoms with Crippen LogP contribution in [0.15, 0.2) is 22.8 Å². The smallest absolute Gasteiger partial charge is 0.0950 e. The fraction of sp³-hybridized carbons (Fsp3) is 0.455. The quantitative estimate of drug-likeness (QED) is 0.606. The van der Waals surface area contributed by atoms with E-state index in [1.54, 1.807) is 0 Å². The van der Waals surface area contributed by atoms with E-state index in [1.165, 1.54) is 0 Å². The zero-order valence-corrected chi connectivity index (χ0v) is 8.12. The molecule has 0 radical (unpaired) electrons. The average molecular weight is 203 g/mol. The molecule has 0 heterocycles. The maximum absolute atomic E-state index is 9.12. The third-order valence-corrected chi connectivity index (χ3v) is 4.12. The van der Waals surface area contributed by atoms with Crippen LogP contribution in [0.2, 0.25) is 0 Å². The molecule has 2 bridgehead atoms. The molecule has 0 N–H and O–H groups in total. The molecule has 2 nitrogen and oxygen atoms in total. The van der Waals surface area contributed by atoms with Crippen molar-refractivity contribution in [3.05, 3.63) is 22.8 Å². The third-order valence-electron chi connectivity index (χ3n) is 3.75. The molecule has 0 saturated heterocycles. The second kappa shape index (κ2) is 2.22. The van der Waals surface area contributed by atoms with Gasteiger partial charge in [0.05, 0.1) is 17.6 Å². The lowest BCUT2D eigenvalue weighted by Gasteiger charge is -2.21. The van der Waals surface area contributed by atoms with Crippen LogP contribution in [0.25, 0.3) is 0 Å². The van der Waals surface area contributed by atoms with Gasteiger partial charge in [0.15, 0.2) is 0 Å². The maximum Gasteiger partial charge on any atom is 0.0950 e. The molecule has 1 saturated carbocycles. The number of halogens is 1. The summed E-state index contributed by atoms with van der Waals surface area (Å²) < 4.78 is 0. The fourth-order valence-corrected chi connectivity index (χ4v) is 3.28. The number of fused-ring (bicyclic) bond motifs is 2. The monoisotopic (exact) mass is 202 g/mol. The summed E-state index contributed by atoms with van der Waals surface area (Å²) in [5.41, 5.74) is 0.383. The molecule has 0 aromatic rings. The van der Waals surface area contributed by atoms with Crippen LogP contribution in [0, 0.1) is 45.8 Å². The Balaban J connectivity index is 2.19. The molecule has 0 aromatic heterocycles. The summed E-state index contributed by atoms with van der Waals surface area (Å²) >= 11 is 6.09. The highest BCUT2D eigenvalue weighted by atomic mass is 35.5. The highest BCUT2D eigenvalue weighted by Crippen LogP contribution is 2.70. The van der Waals surface area contributed by atoms with Crippen LogP contribution in [-0.4, -0.2) is 0 Å². The lowest BCUT2D eigenvalue weighted by molar-refractivity contribution is 0.523. The zero-order valence-electron chi connectivity index (χ0n) is 7.37. The molecule has 4 atom stereocenters. The number of hydrogen-bond acceptors (Lipinski definition) is 2. The summed E-state index contributed by atoms with van der Waals surface area (Å²) in [6.07, 6.45) is 4.71. The van der Waals surface area contributed by atoms with Gasteiger partial charge in [0.2, 0.25) is 0 Å². The standard InChI is InChI=1S/C11H7ClN2/c12-10-3-11(5-14)8-1-6(4-13)7(10)2-9(8)11/h1,3,7-9H,2H2/t7?,8?,9?,11-/m1/s1. The Bertz CT molecular complexity index is 463. The molecule has 0 aliphatic heterocycles. The van der Waals surface area contributed by atoms with Crippen molar-refractivity contribution in [1.29, 1.82) is 10.5 Å². The SMILES string of the molecule is N#CC1=CC2C3CC1C(Cl)=C[C@@]23C#N. The summed E-state index contributed by atoms with van der Waals surface area (Å²) in [5, 5.41) is 18.7. The Labute approximate surface area is 87.1 Å². The van der Waals surface area contributed by atoms with Crippen molar-refractivity contribution in [1.82, 2.24) is 0 Å². The fourth-order valence-electron chi connectivity index (χ4n) is 2.90. The minimum Gasteiger partial charge on any atom is -0.197 e. The van der Waals surface area contributed by atoms with Gasteiger partial charge in [-0.05, 0) is 18.4 Å². The van der Waals surface area contributed by atoms with Gasteiger partial charge in [-0.1, -0.05) is 17.7 Å². The molecule has 3 heteroatoms. The van der Waals surface area contributed by atoms with Gasteiger partial charge in [-0.25, -0.2) is 0 Å². The lowest BCUT2D eigenvalue weighted by Crippen LogP contribution is -2.14. The normalized spacial score (nSPS) is 46.9. The molecule has 0 spiro atoms. The summed E-state index contributed by atoms with van der Waals surface area (Å²) in [6, 6.07) is 4.53. The van der Waals surface area contributed by atoms with E-state index in [9.17, 15) is 0 Å². The second-order valence-corrected chi connectivity index (χ2v) is 4.66. The highest BCUT2D eigenvalue weighted by molar-refractivity contribution is 6.30. The Morgan fingerprint density at radius 1 is 1.50 bits per heavy atom. The third kappa shape index (κ3) is 0.681. The van der Waals surface area contributed by atoms with Crippen molar-refractivity contribution < 1.29 is 0 Å². The van der Waals surface area contributed by atoms with Crippen LogP contribution in [0.1, 0.15) is 6.42 Å². The highest BCUT2D eigenvalue weighted by Gasteiger charge is 2.67. The number of rotatable bonds is 0. The summed E-state index contributed by atoms with van der Waals surface area (Å²) in [4.78, 5) is 0. The largest absolute Gasteiger partial charge is 0.197 e. The van der Waals surface area contributed by atoms with Gasteiger partial charge in [-0.3, -0.25) is 0 Å². The molecule has 68 valence electrons. The van der Waals surface area contributed by atoms with E-state index < -0.39 is 0 Å². The van der Waals surface area contributed by atoms with Crippen molar-refractivity contribution >= 4 is 11.6 Å². The predicted octanol–water partition coefficient (Wildman–Crippen LogP) is 2.35. The second-order valence-electron chi connectivity index (χ2n) is 4.23. The zero-order chi connectivity index (χ0) is 9.92. The molecule has 0 amide bonds. The Hall–Kier alpha value is -1.25. The van der Waals surface area contributed by atoms with Gasteiger partial charge < -0.3 is 0 Å². The lowest BCUT2D eigenvalue weighted by atomic mass is 9.84. The topological polar surface area (TPSA) is 47.6 Å². The molecule has 14 heavy (non-hydrogen) atoms. The Kier molecular flexibility index (Phi) is 1.28. The van der Waals surface area contributed by atoms with E-state index in [4.69, 9.17) is 22.1 Å². The van der Waals surface area contributed by atoms with Gasteiger partial charge in [0, 0.05) is 22.4 Å². The van der Waals surface area contributed by atoms with E-state index >= 15 is 0 Å². The van der Waals surface area contributed by atoms with Crippen molar-refractivity contribution in [2.24, 2.45) is 23.2 Å². The predicted molar refractivity (Wildman–Crippen MR) is 50.8 cm³/mol. The maximum atomic E-state index is 9.12. The van der Waals surface area contributed by atoms with Crippen LogP contribution < -0.4 is 0 Å². The average Bonchev–Trinajstić information content (AvgIpc) is 2.88. The van der Waals surface area contributed by atoms with E-state index in [1.807, 2.05) is 12.2 Å². The van der Waals surface area contributed by atoms with Crippen LogP contribution in [0.3, 0.4) is 0 Å². The Morgan fingerprint density at radius 2 is 2.29 bits per heavy atom. The number of allylic oxidation sites excluding steroid dienone is 4. The molecule has 1 fully saturated rings. The van der Waals surface area contributed by atoms with E-state index in [-0.39, 0.29) is 17.3 Å². The summed E-state index contributed by atoms with van der Waals surface area (Å²) in [6.45, 7) is 0. The van der Waals surface area contributed by atoms with Crippen LogP contribution in [-0.2, 0) is 0 Å². The number of nitriles is 2. The minimum absolute atomic E-state index is 0.0758. The van der Waals surface area contributed by atoms with Crippen molar-refractivity contribution in [3.8, 4) is 12.1 Å². The van der Waals surface area contributed by atoms with Gasteiger partial charge in [0.25, 0.3) is 0 Å². The molecule has 3 aliphatic carbocycles. The van der Waals surface area contributed by atoms with Crippen molar-refractivity contribution in [2.45, 2.75) is 6.42 Å². The van der Waals surface area contributed by atoms with E-state index in [0.29, 0.717) is 11.0 Å².